The number of hydrogen-bond donors (Lipinski definition) is 2. The summed E-state index contributed by atoms with van der Waals surface area (Å²) < 4.78 is 24.5. The first-order valence-corrected chi connectivity index (χ1v) is 9.28. The third-order valence-corrected chi connectivity index (χ3v) is 4.76. The fraction of sp³-hybridized carbons (Fsp3) is 0.118. The lowest BCUT2D eigenvalue weighted by Gasteiger charge is -2.15. The maximum Gasteiger partial charge on any atom is 0.251 e. The molecule has 1 heterocycles. The fourth-order valence-corrected chi connectivity index (χ4v) is 3.00. The van der Waals surface area contributed by atoms with Crippen molar-refractivity contribution in [3.8, 4) is 5.69 Å². The normalized spacial score (nSPS) is 12.5. The van der Waals surface area contributed by atoms with Crippen molar-refractivity contribution in [3.63, 3.8) is 0 Å². The van der Waals surface area contributed by atoms with Crippen molar-refractivity contribution in [3.05, 3.63) is 72.3 Å². The standard InChI is InChI=1S/C17H17N5O3S/c1-12(14-3-2-4-16(9-14)26(18,24)25)21-17(23)13-5-7-15(8-6-13)22-11-19-10-20-22/h2-12H,1H3,(H,21,23)(H2,18,24,25). The summed E-state index contributed by atoms with van der Waals surface area (Å²) in [6.45, 7) is 1.77. The van der Waals surface area contributed by atoms with Crippen LogP contribution in [0, 0.1) is 0 Å². The van der Waals surface area contributed by atoms with Gasteiger partial charge in [0, 0.05) is 5.56 Å². The summed E-state index contributed by atoms with van der Waals surface area (Å²) >= 11 is 0. The van der Waals surface area contributed by atoms with Crippen LogP contribution in [0.2, 0.25) is 0 Å². The van der Waals surface area contributed by atoms with E-state index in [0.717, 1.165) is 5.69 Å². The van der Waals surface area contributed by atoms with E-state index in [0.29, 0.717) is 11.1 Å². The highest BCUT2D eigenvalue weighted by atomic mass is 32.2. The molecule has 0 bridgehead atoms. The lowest BCUT2D eigenvalue weighted by molar-refractivity contribution is 0.0940. The molecule has 0 spiro atoms. The molecule has 2 aromatic carbocycles. The molecular weight excluding hydrogens is 354 g/mol. The van der Waals surface area contributed by atoms with E-state index in [1.165, 1.54) is 18.5 Å². The van der Waals surface area contributed by atoms with E-state index in [-0.39, 0.29) is 16.8 Å². The number of nitrogens with one attached hydrogen (secondary N) is 1. The number of aromatic nitrogens is 3. The van der Waals surface area contributed by atoms with Crippen LogP contribution < -0.4 is 10.5 Å². The SMILES string of the molecule is CC(NC(=O)c1ccc(-n2cncn2)cc1)c1cccc(S(N)(=O)=O)c1. The Balaban J connectivity index is 1.73. The van der Waals surface area contributed by atoms with Gasteiger partial charge in [-0.3, -0.25) is 4.79 Å². The van der Waals surface area contributed by atoms with Crippen LogP contribution in [0.4, 0.5) is 0 Å². The molecule has 3 aromatic rings. The maximum atomic E-state index is 12.4. The number of nitrogens with two attached hydrogens (primary N) is 1. The minimum Gasteiger partial charge on any atom is -0.346 e. The molecule has 134 valence electrons. The van der Waals surface area contributed by atoms with Crippen molar-refractivity contribution in [2.24, 2.45) is 5.14 Å². The van der Waals surface area contributed by atoms with Gasteiger partial charge in [-0.25, -0.2) is 23.2 Å². The topological polar surface area (TPSA) is 120 Å². The molecule has 3 rings (SSSR count). The number of hydrogen-bond acceptors (Lipinski definition) is 5. The highest BCUT2D eigenvalue weighted by Crippen LogP contribution is 2.17. The average Bonchev–Trinajstić information content (AvgIpc) is 3.16. The number of nitrogens with zero attached hydrogens (tertiary/aromatic N) is 3. The largest absolute Gasteiger partial charge is 0.346 e. The number of primary sulfonamides is 1. The first-order chi connectivity index (χ1) is 12.3. The predicted octanol–water partition coefficient (Wildman–Crippen LogP) is 1.41. The van der Waals surface area contributed by atoms with Crippen LogP contribution in [-0.4, -0.2) is 29.1 Å². The number of carbonyl (C=O) groups excluding carboxylic acids is 1. The molecule has 9 heteroatoms. The van der Waals surface area contributed by atoms with Crippen LogP contribution in [0.1, 0.15) is 28.9 Å². The number of amides is 1. The van der Waals surface area contributed by atoms with Crippen molar-refractivity contribution in [1.29, 1.82) is 0 Å². The Hall–Kier alpha value is -3.04. The third-order valence-electron chi connectivity index (χ3n) is 3.85. The summed E-state index contributed by atoms with van der Waals surface area (Å²) in [7, 11) is -3.79. The van der Waals surface area contributed by atoms with Crippen LogP contribution in [0.5, 0.6) is 0 Å². The van der Waals surface area contributed by atoms with Crippen molar-refractivity contribution in [2.75, 3.05) is 0 Å². The average molecular weight is 371 g/mol. The van der Waals surface area contributed by atoms with Crippen molar-refractivity contribution in [1.82, 2.24) is 20.1 Å². The number of carbonyl (C=O) groups is 1. The molecule has 0 saturated heterocycles. The van der Waals surface area contributed by atoms with E-state index in [1.807, 2.05) is 0 Å². The fourth-order valence-electron chi connectivity index (χ4n) is 2.43. The molecule has 0 radical (unpaired) electrons. The van der Waals surface area contributed by atoms with Crippen molar-refractivity contribution in [2.45, 2.75) is 17.9 Å². The maximum absolute atomic E-state index is 12.4. The summed E-state index contributed by atoms with van der Waals surface area (Å²) in [5.74, 6) is -0.274. The number of rotatable bonds is 5. The monoisotopic (exact) mass is 371 g/mol. The highest BCUT2D eigenvalue weighted by molar-refractivity contribution is 7.89. The van der Waals surface area contributed by atoms with E-state index < -0.39 is 10.0 Å². The number of benzene rings is 2. The summed E-state index contributed by atoms with van der Waals surface area (Å²) in [6, 6.07) is 12.7. The smallest absolute Gasteiger partial charge is 0.251 e. The van der Waals surface area contributed by atoms with Gasteiger partial charge in [0.1, 0.15) is 12.7 Å². The van der Waals surface area contributed by atoms with Crippen molar-refractivity contribution < 1.29 is 13.2 Å². The summed E-state index contributed by atoms with van der Waals surface area (Å²) in [5.41, 5.74) is 1.90. The molecule has 1 amide bonds. The molecule has 26 heavy (non-hydrogen) atoms. The Morgan fingerprint density at radius 2 is 1.92 bits per heavy atom. The van der Waals surface area contributed by atoms with Crippen LogP contribution in [0.15, 0.2) is 66.1 Å². The molecule has 1 unspecified atom stereocenters. The van der Waals surface area contributed by atoms with Crippen LogP contribution in [0.25, 0.3) is 5.69 Å². The van der Waals surface area contributed by atoms with Gasteiger partial charge in [0.2, 0.25) is 10.0 Å². The van der Waals surface area contributed by atoms with Gasteiger partial charge in [0.05, 0.1) is 16.6 Å². The summed E-state index contributed by atoms with van der Waals surface area (Å²) in [5, 5.41) is 12.0. The Morgan fingerprint density at radius 1 is 1.19 bits per heavy atom. The molecule has 0 aliphatic carbocycles. The van der Waals surface area contributed by atoms with Crippen LogP contribution >= 0.6 is 0 Å². The second-order valence-corrected chi connectivity index (χ2v) is 7.26. The van der Waals surface area contributed by atoms with Crippen molar-refractivity contribution >= 4 is 15.9 Å². The minimum absolute atomic E-state index is 0.00767. The summed E-state index contributed by atoms with van der Waals surface area (Å²) in [4.78, 5) is 16.3. The minimum atomic E-state index is -3.79. The van der Waals surface area contributed by atoms with E-state index in [1.54, 1.807) is 54.3 Å². The zero-order valence-electron chi connectivity index (χ0n) is 13.9. The van der Waals surface area contributed by atoms with E-state index >= 15 is 0 Å². The van der Waals surface area contributed by atoms with Gasteiger partial charge < -0.3 is 5.32 Å². The molecular formula is C17H17N5O3S. The molecule has 3 N–H and O–H groups in total. The van der Waals surface area contributed by atoms with Crippen LogP contribution in [-0.2, 0) is 10.0 Å². The van der Waals surface area contributed by atoms with Gasteiger partial charge >= 0.3 is 0 Å². The second kappa shape index (κ2) is 7.06. The molecule has 0 aliphatic heterocycles. The molecule has 1 atom stereocenters. The second-order valence-electron chi connectivity index (χ2n) is 5.70. The lowest BCUT2D eigenvalue weighted by Crippen LogP contribution is -2.26. The van der Waals surface area contributed by atoms with Crippen LogP contribution in [0.3, 0.4) is 0 Å². The van der Waals surface area contributed by atoms with Gasteiger partial charge in [-0.1, -0.05) is 12.1 Å². The summed E-state index contributed by atoms with van der Waals surface area (Å²) in [6.07, 6.45) is 2.99. The van der Waals surface area contributed by atoms with Gasteiger partial charge in [-0.15, -0.1) is 0 Å². The van der Waals surface area contributed by atoms with Gasteiger partial charge in [-0.05, 0) is 48.9 Å². The Kier molecular flexibility index (Phi) is 4.83. The van der Waals surface area contributed by atoms with Gasteiger partial charge in [0.15, 0.2) is 0 Å². The Bertz CT molecular complexity index is 1010. The van der Waals surface area contributed by atoms with E-state index in [2.05, 4.69) is 15.4 Å². The first-order valence-electron chi connectivity index (χ1n) is 7.73. The number of sulfonamides is 1. The van der Waals surface area contributed by atoms with Gasteiger partial charge in [0.25, 0.3) is 5.91 Å². The molecule has 8 nitrogen and oxygen atoms in total. The lowest BCUT2D eigenvalue weighted by atomic mass is 10.1. The molecule has 0 saturated carbocycles. The first kappa shape index (κ1) is 17.8. The molecule has 0 aliphatic rings. The Labute approximate surface area is 150 Å². The molecule has 0 fully saturated rings. The molecule has 1 aromatic heterocycles. The van der Waals surface area contributed by atoms with Gasteiger partial charge in [-0.2, -0.15) is 5.10 Å². The predicted molar refractivity (Wildman–Crippen MR) is 95.1 cm³/mol. The highest BCUT2D eigenvalue weighted by Gasteiger charge is 2.14. The zero-order chi connectivity index (χ0) is 18.7. The Morgan fingerprint density at radius 3 is 2.54 bits per heavy atom. The van der Waals surface area contributed by atoms with E-state index in [9.17, 15) is 13.2 Å². The third kappa shape index (κ3) is 3.95. The van der Waals surface area contributed by atoms with E-state index in [4.69, 9.17) is 5.14 Å². The quantitative estimate of drug-likeness (QED) is 0.702. The zero-order valence-corrected chi connectivity index (χ0v) is 14.7.